The molecule has 7 aromatic carbocycles. The van der Waals surface area contributed by atoms with Crippen molar-refractivity contribution in [2.75, 3.05) is 0 Å². The van der Waals surface area contributed by atoms with Gasteiger partial charge in [-0.1, -0.05) is 140 Å². The molecular formula is C58H38N6. The van der Waals surface area contributed by atoms with Crippen LogP contribution in [0.5, 0.6) is 0 Å². The second-order valence-electron chi connectivity index (χ2n) is 16.8. The second-order valence-corrected chi connectivity index (χ2v) is 16.8. The summed E-state index contributed by atoms with van der Waals surface area (Å²) in [5.41, 5.74) is 14.2. The fraction of sp³-hybridized carbons (Fsp3) is 0.0345. The molecule has 0 saturated carbocycles. The third-order valence-electron chi connectivity index (χ3n) is 13.5. The van der Waals surface area contributed by atoms with Crippen LogP contribution in [0, 0.1) is 0 Å². The molecule has 64 heavy (non-hydrogen) atoms. The smallest absolute Gasteiger partial charge is 0.165 e. The Bertz CT molecular complexity index is 3920. The van der Waals surface area contributed by atoms with Crippen molar-refractivity contribution in [1.82, 2.24) is 28.2 Å². The van der Waals surface area contributed by atoms with Crippen molar-refractivity contribution in [1.29, 1.82) is 0 Å². The molecule has 1 aliphatic rings. The highest BCUT2D eigenvalue weighted by Gasteiger charge is 2.33. The maximum atomic E-state index is 6.27. The molecule has 13 aromatic rings. The lowest BCUT2D eigenvalue weighted by atomic mass is 10.00. The van der Waals surface area contributed by atoms with E-state index < -0.39 is 0 Å². The topological polar surface area (TPSA) is 45.5 Å². The van der Waals surface area contributed by atoms with Gasteiger partial charge < -0.3 is 9.13 Å². The van der Waals surface area contributed by atoms with Crippen LogP contribution in [0.25, 0.3) is 117 Å². The number of para-hydroxylation sites is 7. The Labute approximate surface area is 367 Å². The first-order valence-corrected chi connectivity index (χ1v) is 22.1. The number of aryl methyl sites for hydroxylation is 1. The van der Waals surface area contributed by atoms with E-state index in [2.05, 4.69) is 212 Å². The summed E-state index contributed by atoms with van der Waals surface area (Å²) in [6.07, 6.45) is 10.5. The first kappa shape index (κ1) is 35.2. The summed E-state index contributed by atoms with van der Waals surface area (Å²) in [5.74, 6) is 1.66. The molecule has 6 nitrogen and oxygen atoms in total. The van der Waals surface area contributed by atoms with Crippen LogP contribution in [0.15, 0.2) is 200 Å². The number of hydrogen-bond acceptors (Lipinski definition) is 2. The zero-order chi connectivity index (χ0) is 41.9. The zero-order valence-corrected chi connectivity index (χ0v) is 34.7. The molecule has 0 fully saturated rings. The van der Waals surface area contributed by atoms with Gasteiger partial charge in [-0.3, -0.25) is 14.1 Å². The number of pyridine rings is 2. The monoisotopic (exact) mass is 818 g/mol. The van der Waals surface area contributed by atoms with Gasteiger partial charge >= 0.3 is 0 Å². The molecule has 0 radical (unpaired) electrons. The number of hydrogen-bond donors (Lipinski definition) is 0. The van der Waals surface area contributed by atoms with E-state index in [0.29, 0.717) is 0 Å². The minimum absolute atomic E-state index is 0.823. The molecule has 6 heteroatoms. The Hall–Kier alpha value is -8.48. The van der Waals surface area contributed by atoms with E-state index in [1.54, 1.807) is 0 Å². The third-order valence-corrected chi connectivity index (χ3v) is 13.5. The van der Waals surface area contributed by atoms with E-state index in [9.17, 15) is 0 Å². The lowest BCUT2D eigenvalue weighted by molar-refractivity contribution is 0.932. The molecule has 300 valence electrons. The van der Waals surface area contributed by atoms with Crippen LogP contribution in [-0.4, -0.2) is 28.2 Å². The maximum absolute atomic E-state index is 6.27. The Morgan fingerprint density at radius 2 is 0.766 bits per heavy atom. The van der Waals surface area contributed by atoms with E-state index in [4.69, 9.17) is 9.97 Å². The quantitative estimate of drug-likeness (QED) is 0.174. The van der Waals surface area contributed by atoms with E-state index in [-0.39, 0.29) is 0 Å². The molecule has 6 aromatic heterocycles. The van der Waals surface area contributed by atoms with Gasteiger partial charge in [0, 0.05) is 66.9 Å². The summed E-state index contributed by atoms with van der Waals surface area (Å²) in [5, 5.41) is 8.34. The minimum Gasteiger partial charge on any atom is -0.306 e. The predicted molar refractivity (Wildman–Crippen MR) is 265 cm³/mol. The first-order valence-electron chi connectivity index (χ1n) is 22.1. The molecule has 0 N–H and O–H groups in total. The highest BCUT2D eigenvalue weighted by Crippen LogP contribution is 2.48. The number of rotatable bonds is 5. The van der Waals surface area contributed by atoms with Crippen LogP contribution >= 0.6 is 0 Å². The van der Waals surface area contributed by atoms with Crippen LogP contribution in [0.4, 0.5) is 0 Å². The van der Waals surface area contributed by atoms with Gasteiger partial charge in [0.25, 0.3) is 0 Å². The molecule has 0 amide bonds. The first-order chi connectivity index (χ1) is 31.8. The van der Waals surface area contributed by atoms with Gasteiger partial charge in [0.1, 0.15) is 11.4 Å². The molecule has 0 aliphatic heterocycles. The average Bonchev–Trinajstić information content (AvgIpc) is 4.09. The summed E-state index contributed by atoms with van der Waals surface area (Å²) in [6.45, 7) is 0. The number of fused-ring (bicyclic) bond motifs is 12. The minimum atomic E-state index is 0.823. The fourth-order valence-corrected chi connectivity index (χ4v) is 11.0. The van der Waals surface area contributed by atoms with Gasteiger partial charge in [0.2, 0.25) is 0 Å². The molecule has 0 unspecified atom stereocenters. The highest BCUT2D eigenvalue weighted by atomic mass is 15.2. The lowest BCUT2D eigenvalue weighted by Gasteiger charge is -2.27. The van der Waals surface area contributed by atoms with Crippen LogP contribution in [0.3, 0.4) is 0 Å². The number of benzene rings is 7. The van der Waals surface area contributed by atoms with Gasteiger partial charge in [0.15, 0.2) is 11.6 Å². The van der Waals surface area contributed by atoms with Gasteiger partial charge in [-0.25, -0.2) is 4.98 Å². The average molecular weight is 819 g/mol. The Morgan fingerprint density at radius 1 is 0.375 bits per heavy atom. The molecule has 0 bridgehead atoms. The number of aromatic nitrogens is 6. The Balaban J connectivity index is 1.32. The van der Waals surface area contributed by atoms with Crippen molar-refractivity contribution in [2.24, 2.45) is 0 Å². The molecule has 14 rings (SSSR count). The fourth-order valence-electron chi connectivity index (χ4n) is 11.0. The Morgan fingerprint density at radius 3 is 1.20 bits per heavy atom. The van der Waals surface area contributed by atoms with Gasteiger partial charge in [-0.05, 0) is 73.0 Å². The zero-order valence-electron chi connectivity index (χ0n) is 34.7. The second kappa shape index (κ2) is 13.5. The van der Waals surface area contributed by atoms with Crippen LogP contribution in [0.2, 0.25) is 0 Å². The van der Waals surface area contributed by atoms with E-state index in [1.807, 2.05) is 12.4 Å². The number of allylic oxidation sites excluding steroid dienone is 1. The molecule has 1 aliphatic carbocycles. The van der Waals surface area contributed by atoms with E-state index >= 15 is 0 Å². The molecule has 0 saturated heterocycles. The summed E-state index contributed by atoms with van der Waals surface area (Å²) < 4.78 is 9.82. The SMILES string of the molecule is C1=Cc2c(c3ccccc3n2-c2c(-n3c4ccccc4c4ccccc43)nc(-n3c4ccccc4c4ccccc43)c(-n3c4ccccc4c4ccccc43)c2-c2cccnc2)CC1. The molecule has 0 spiro atoms. The van der Waals surface area contributed by atoms with Crippen LogP contribution in [-0.2, 0) is 6.42 Å². The largest absolute Gasteiger partial charge is 0.306 e. The lowest BCUT2D eigenvalue weighted by Crippen LogP contribution is -2.16. The standard InChI is InChI=1S/C58H38N6/c1-9-27-46-38(19-1)39-20-2-10-28-47(39)61(46)55-54(37-18-17-35-59-36-37)56(62-48-29-11-3-21-40(48)41-22-4-12-30-49(41)62)58(64-52-33-15-7-25-44(52)45-26-8-16-34-53(45)64)60-57(55)63-50-31-13-5-23-42(50)43-24-6-14-32-51(43)63/h1-3,5-21,23-36H,4,22H2. The number of nitrogens with zero attached hydrogens (tertiary/aromatic N) is 6. The van der Waals surface area contributed by atoms with Gasteiger partial charge in [0.05, 0.1) is 38.6 Å². The van der Waals surface area contributed by atoms with E-state index in [1.165, 1.54) is 49.0 Å². The summed E-state index contributed by atoms with van der Waals surface area (Å²) in [6, 6.07) is 65.9. The van der Waals surface area contributed by atoms with Crippen molar-refractivity contribution in [3.05, 3.63) is 212 Å². The van der Waals surface area contributed by atoms with Crippen molar-refractivity contribution < 1.29 is 0 Å². The van der Waals surface area contributed by atoms with Crippen LogP contribution < -0.4 is 0 Å². The van der Waals surface area contributed by atoms with E-state index in [0.717, 1.165) is 85.6 Å². The predicted octanol–water partition coefficient (Wildman–Crippen LogP) is 14.3. The molecule has 0 atom stereocenters. The Kier molecular flexibility index (Phi) is 7.42. The van der Waals surface area contributed by atoms with Gasteiger partial charge in [-0.15, -0.1) is 0 Å². The highest BCUT2D eigenvalue weighted by molar-refractivity contribution is 6.14. The van der Waals surface area contributed by atoms with Crippen molar-refractivity contribution >= 4 is 82.4 Å². The summed E-state index contributed by atoms with van der Waals surface area (Å²) >= 11 is 0. The normalized spacial score (nSPS) is 12.8. The van der Waals surface area contributed by atoms with Gasteiger partial charge in [-0.2, -0.15) is 0 Å². The summed E-state index contributed by atoms with van der Waals surface area (Å²) in [7, 11) is 0. The van der Waals surface area contributed by atoms with Crippen molar-refractivity contribution in [2.45, 2.75) is 12.8 Å². The maximum Gasteiger partial charge on any atom is 0.165 e. The summed E-state index contributed by atoms with van der Waals surface area (Å²) in [4.78, 5) is 11.2. The van der Waals surface area contributed by atoms with Crippen molar-refractivity contribution in [3.63, 3.8) is 0 Å². The molecular weight excluding hydrogens is 781 g/mol. The molecule has 6 heterocycles. The van der Waals surface area contributed by atoms with Crippen molar-refractivity contribution in [3.8, 4) is 34.1 Å². The van der Waals surface area contributed by atoms with Crippen LogP contribution in [0.1, 0.15) is 17.7 Å². The third kappa shape index (κ3) is 4.79.